The highest BCUT2D eigenvalue weighted by atomic mass is 19.3. The van der Waals surface area contributed by atoms with E-state index in [0.717, 1.165) is 11.2 Å². The maximum Gasteiger partial charge on any atom is 0.354 e. The number of anilines is 2. The summed E-state index contributed by atoms with van der Waals surface area (Å²) >= 11 is 0. The summed E-state index contributed by atoms with van der Waals surface area (Å²) in [5.41, 5.74) is 1.48. The molecule has 0 amide bonds. The van der Waals surface area contributed by atoms with Crippen LogP contribution in [0.25, 0.3) is 0 Å². The van der Waals surface area contributed by atoms with Crippen LogP contribution in [0.3, 0.4) is 0 Å². The van der Waals surface area contributed by atoms with Crippen LogP contribution in [0.1, 0.15) is 0 Å². The molecule has 17 heavy (non-hydrogen) atoms. The molecular weight excluding hydrogens is 238 g/mol. The lowest BCUT2D eigenvalue weighted by molar-refractivity contribution is -0.383. The number of nitrogens with one attached hydrogen (secondary N) is 1. The first-order chi connectivity index (χ1) is 7.97. The molecule has 0 aliphatic heterocycles. The van der Waals surface area contributed by atoms with Gasteiger partial charge >= 0.3 is 5.69 Å². The molecule has 0 atom stereocenters. The Hall–Kier alpha value is -2.10. The van der Waals surface area contributed by atoms with Gasteiger partial charge in [0, 0.05) is 7.05 Å². The molecule has 3 N–H and O–H groups in total. The molecule has 0 spiro atoms. The van der Waals surface area contributed by atoms with Crippen molar-refractivity contribution in [2.24, 2.45) is 5.84 Å². The Bertz CT molecular complexity index is 415. The van der Waals surface area contributed by atoms with E-state index in [1.165, 1.54) is 7.05 Å². The van der Waals surface area contributed by atoms with Crippen molar-refractivity contribution < 1.29 is 13.7 Å². The van der Waals surface area contributed by atoms with Crippen molar-refractivity contribution in [1.29, 1.82) is 0 Å². The highest BCUT2D eigenvalue weighted by molar-refractivity contribution is 5.69. The molecule has 10 heteroatoms. The van der Waals surface area contributed by atoms with Crippen LogP contribution in [-0.2, 0) is 0 Å². The van der Waals surface area contributed by atoms with Gasteiger partial charge in [-0.05, 0) is 0 Å². The number of halogens is 2. The van der Waals surface area contributed by atoms with Gasteiger partial charge in [0.1, 0.15) is 6.33 Å². The number of nitro groups is 1. The average Bonchev–Trinajstić information content (AvgIpc) is 2.26. The lowest BCUT2D eigenvalue weighted by Crippen LogP contribution is -2.26. The maximum atomic E-state index is 12.2. The SMILES string of the molecule is CN(CC(F)F)c1ncnc(NN)c1[N+](=O)[O-]. The lowest BCUT2D eigenvalue weighted by atomic mass is 10.4. The first-order valence-corrected chi connectivity index (χ1v) is 4.42. The summed E-state index contributed by atoms with van der Waals surface area (Å²) in [6.45, 7) is -0.679. The molecule has 0 bridgehead atoms. The van der Waals surface area contributed by atoms with Crippen LogP contribution < -0.4 is 16.2 Å². The van der Waals surface area contributed by atoms with Gasteiger partial charge in [-0.3, -0.25) is 10.1 Å². The van der Waals surface area contributed by atoms with Crippen molar-refractivity contribution in [3.05, 3.63) is 16.4 Å². The van der Waals surface area contributed by atoms with Crippen molar-refractivity contribution in [2.45, 2.75) is 6.43 Å². The second-order valence-corrected chi connectivity index (χ2v) is 3.07. The van der Waals surface area contributed by atoms with Gasteiger partial charge in [-0.15, -0.1) is 0 Å². The average molecular weight is 248 g/mol. The molecule has 8 nitrogen and oxygen atoms in total. The fourth-order valence-electron chi connectivity index (χ4n) is 1.22. The number of nitrogens with two attached hydrogens (primary N) is 1. The largest absolute Gasteiger partial charge is 0.354 e. The number of hydrazine groups is 1. The molecule has 0 unspecified atom stereocenters. The summed E-state index contributed by atoms with van der Waals surface area (Å²) in [4.78, 5) is 18.1. The van der Waals surface area contributed by atoms with Crippen molar-refractivity contribution in [3.63, 3.8) is 0 Å². The second-order valence-electron chi connectivity index (χ2n) is 3.07. The smallest absolute Gasteiger partial charge is 0.348 e. The van der Waals surface area contributed by atoms with E-state index < -0.39 is 23.6 Å². The highest BCUT2D eigenvalue weighted by Gasteiger charge is 2.26. The number of rotatable bonds is 5. The highest BCUT2D eigenvalue weighted by Crippen LogP contribution is 2.30. The number of nitrogens with zero attached hydrogens (tertiary/aromatic N) is 4. The quantitative estimate of drug-likeness (QED) is 0.440. The van der Waals surface area contributed by atoms with Crippen LogP contribution in [0.2, 0.25) is 0 Å². The van der Waals surface area contributed by atoms with Crippen LogP contribution in [0.5, 0.6) is 0 Å². The Morgan fingerprint density at radius 1 is 1.65 bits per heavy atom. The van der Waals surface area contributed by atoms with Crippen LogP contribution in [0.4, 0.5) is 26.1 Å². The van der Waals surface area contributed by atoms with Crippen molar-refractivity contribution >= 4 is 17.3 Å². The zero-order valence-corrected chi connectivity index (χ0v) is 8.80. The van der Waals surface area contributed by atoms with Gasteiger partial charge in [-0.1, -0.05) is 0 Å². The van der Waals surface area contributed by atoms with E-state index in [1.54, 1.807) is 0 Å². The van der Waals surface area contributed by atoms with Gasteiger partial charge < -0.3 is 10.3 Å². The van der Waals surface area contributed by atoms with Crippen molar-refractivity contribution in [3.8, 4) is 0 Å². The molecule has 1 aromatic heterocycles. The zero-order chi connectivity index (χ0) is 13.0. The van der Waals surface area contributed by atoms with E-state index in [-0.39, 0.29) is 11.6 Å². The normalized spacial score (nSPS) is 10.4. The first kappa shape index (κ1) is 13.0. The van der Waals surface area contributed by atoms with Gasteiger partial charge in [0.2, 0.25) is 11.6 Å². The Kier molecular flexibility index (Phi) is 4.04. The van der Waals surface area contributed by atoms with Gasteiger partial charge in [0.15, 0.2) is 0 Å². The summed E-state index contributed by atoms with van der Waals surface area (Å²) in [6.07, 6.45) is -1.64. The van der Waals surface area contributed by atoms with E-state index in [0.29, 0.717) is 0 Å². The number of alkyl halides is 2. The summed E-state index contributed by atoms with van der Waals surface area (Å²) in [7, 11) is 1.27. The molecule has 0 aliphatic rings. The molecule has 0 aromatic carbocycles. The second kappa shape index (κ2) is 5.30. The van der Waals surface area contributed by atoms with Gasteiger partial charge in [0.25, 0.3) is 6.43 Å². The fourth-order valence-corrected chi connectivity index (χ4v) is 1.22. The van der Waals surface area contributed by atoms with Gasteiger partial charge in [-0.25, -0.2) is 24.6 Å². The van der Waals surface area contributed by atoms with E-state index in [2.05, 4.69) is 9.97 Å². The Morgan fingerprint density at radius 2 is 2.29 bits per heavy atom. The summed E-state index contributed by atoms with van der Waals surface area (Å²) < 4.78 is 24.4. The van der Waals surface area contributed by atoms with Crippen molar-refractivity contribution in [2.75, 3.05) is 23.9 Å². The number of hydrogen-bond acceptors (Lipinski definition) is 7. The molecule has 1 rings (SSSR count). The summed E-state index contributed by atoms with van der Waals surface area (Å²) in [5, 5.41) is 10.8. The monoisotopic (exact) mass is 248 g/mol. The predicted octanol–water partition coefficient (Wildman–Crippen LogP) is 0.372. The molecule has 0 saturated carbocycles. The summed E-state index contributed by atoms with van der Waals surface area (Å²) in [6, 6.07) is 0. The van der Waals surface area contributed by atoms with E-state index in [1.807, 2.05) is 5.43 Å². The van der Waals surface area contributed by atoms with E-state index in [4.69, 9.17) is 5.84 Å². The van der Waals surface area contributed by atoms with Crippen molar-refractivity contribution in [1.82, 2.24) is 9.97 Å². The Balaban J connectivity index is 3.18. The van der Waals surface area contributed by atoms with Gasteiger partial charge in [-0.2, -0.15) is 0 Å². The maximum absolute atomic E-state index is 12.2. The van der Waals surface area contributed by atoms with E-state index >= 15 is 0 Å². The predicted molar refractivity (Wildman–Crippen MR) is 55.8 cm³/mol. The Labute approximate surface area is 94.6 Å². The Morgan fingerprint density at radius 3 is 2.76 bits per heavy atom. The third-order valence-corrected chi connectivity index (χ3v) is 1.90. The van der Waals surface area contributed by atoms with E-state index in [9.17, 15) is 18.9 Å². The minimum absolute atomic E-state index is 0.224. The molecule has 0 fully saturated rings. The lowest BCUT2D eigenvalue weighted by Gasteiger charge is -2.17. The summed E-state index contributed by atoms with van der Waals surface area (Å²) in [5.74, 6) is 4.59. The number of aromatic nitrogens is 2. The first-order valence-electron chi connectivity index (χ1n) is 4.42. The standard InChI is InChI=1S/C7H10F2N6O2/c1-14(2-4(8)9)7-5(15(16)17)6(13-10)11-3-12-7/h3-4H,2,10H2,1H3,(H,11,12,13). The third kappa shape index (κ3) is 2.93. The van der Waals surface area contributed by atoms with Crippen LogP contribution in [0.15, 0.2) is 6.33 Å². The number of hydrogen-bond donors (Lipinski definition) is 2. The van der Waals surface area contributed by atoms with Crippen LogP contribution in [-0.4, -0.2) is 34.9 Å². The molecular formula is C7H10F2N6O2. The third-order valence-electron chi connectivity index (χ3n) is 1.90. The topological polar surface area (TPSA) is 110 Å². The number of nitrogen functional groups attached to an aromatic ring is 1. The molecule has 1 heterocycles. The van der Waals surface area contributed by atoms with Gasteiger partial charge in [0.05, 0.1) is 11.5 Å². The molecule has 94 valence electrons. The fraction of sp³-hybridized carbons (Fsp3) is 0.429. The molecule has 0 saturated heterocycles. The minimum atomic E-state index is -2.64. The van der Waals surface area contributed by atoms with Crippen LogP contribution in [0, 0.1) is 10.1 Å². The zero-order valence-electron chi connectivity index (χ0n) is 8.80. The molecule has 0 aliphatic carbocycles. The molecule has 0 radical (unpaired) electrons. The molecule has 1 aromatic rings. The minimum Gasteiger partial charge on any atom is -0.348 e. The van der Waals surface area contributed by atoms with Crippen LogP contribution >= 0.6 is 0 Å².